The van der Waals surface area contributed by atoms with Crippen molar-refractivity contribution in [1.29, 1.82) is 0 Å². The number of rotatable bonds is 6. The summed E-state index contributed by atoms with van der Waals surface area (Å²) in [5, 5.41) is 12.2. The zero-order valence-electron chi connectivity index (χ0n) is 16.3. The molecule has 2 aromatic rings. The highest BCUT2D eigenvalue weighted by Crippen LogP contribution is 2.35. The molecule has 1 heterocycles. The van der Waals surface area contributed by atoms with Crippen LogP contribution in [0.25, 0.3) is 6.08 Å². The molecule has 1 aliphatic heterocycles. The van der Waals surface area contributed by atoms with E-state index in [2.05, 4.69) is 21.2 Å². The van der Waals surface area contributed by atoms with E-state index in [4.69, 9.17) is 9.47 Å². The van der Waals surface area contributed by atoms with Gasteiger partial charge in [0.05, 0.1) is 18.9 Å². The molecule has 0 spiro atoms. The largest absolute Gasteiger partial charge is 0.504 e. The minimum atomic E-state index is -0.867. The second-order valence-corrected chi connectivity index (χ2v) is 6.99. The number of anilines is 1. The Hall–Kier alpha value is -3.33. The molecule has 1 fully saturated rings. The minimum absolute atomic E-state index is 0.0901. The van der Waals surface area contributed by atoms with Crippen molar-refractivity contribution in [3.63, 3.8) is 0 Å². The number of amides is 4. The van der Waals surface area contributed by atoms with E-state index in [9.17, 15) is 19.5 Å². The Labute approximate surface area is 181 Å². The van der Waals surface area contributed by atoms with Crippen molar-refractivity contribution in [1.82, 2.24) is 5.32 Å². The molecule has 0 saturated carbocycles. The normalized spacial score (nSPS) is 15.4. The lowest BCUT2D eigenvalue weighted by Gasteiger charge is -2.27. The average Bonchev–Trinajstić information content (AvgIpc) is 2.69. The van der Waals surface area contributed by atoms with Gasteiger partial charge in [-0.2, -0.15) is 0 Å². The van der Waals surface area contributed by atoms with Crippen LogP contribution >= 0.6 is 15.9 Å². The molecular formula is C21H19BrN2O6. The van der Waals surface area contributed by atoms with Crippen LogP contribution in [0.2, 0.25) is 0 Å². The molecule has 2 N–H and O–H groups in total. The number of phenols is 1. The molecule has 8 nitrogen and oxygen atoms in total. The molecule has 1 saturated heterocycles. The van der Waals surface area contributed by atoms with Gasteiger partial charge in [-0.15, -0.1) is 0 Å². The van der Waals surface area contributed by atoms with Gasteiger partial charge in [0.2, 0.25) is 0 Å². The van der Waals surface area contributed by atoms with Crippen LogP contribution in [0, 0.1) is 0 Å². The quantitative estimate of drug-likeness (QED) is 0.489. The third-order valence-corrected chi connectivity index (χ3v) is 4.87. The molecule has 30 heavy (non-hydrogen) atoms. The maximum absolute atomic E-state index is 13.1. The summed E-state index contributed by atoms with van der Waals surface area (Å²) >= 11 is 3.30. The lowest BCUT2D eigenvalue weighted by atomic mass is 10.1. The number of hydrogen-bond acceptors (Lipinski definition) is 6. The number of phenolic OH excluding ortho intramolecular Hbond substituents is 1. The highest BCUT2D eigenvalue weighted by molar-refractivity contribution is 9.10. The fourth-order valence-electron chi connectivity index (χ4n) is 2.89. The molecule has 3 rings (SSSR count). The van der Waals surface area contributed by atoms with Gasteiger partial charge in [0, 0.05) is 4.47 Å². The third-order valence-electron chi connectivity index (χ3n) is 4.19. The summed E-state index contributed by atoms with van der Waals surface area (Å²) in [5.41, 5.74) is 0.386. The zero-order valence-corrected chi connectivity index (χ0v) is 17.9. The standard InChI is InChI=1S/C21H19BrN2O6/c1-3-29-17-8-6-5-7-15(17)24-20(27)13(19(26)23-21(24)28)9-12-10-18(30-4-2)16(25)11-14(12)22/h5-11,25H,3-4H2,1-2H3,(H,23,26,28)/b13-9+. The SMILES string of the molecule is CCOc1cc(/C=C2\C(=O)NC(=O)N(c3ccccc3OCC)C2=O)c(Br)cc1O. The molecule has 2 aromatic carbocycles. The smallest absolute Gasteiger partial charge is 0.336 e. The molecule has 9 heteroatoms. The number of carbonyl (C=O) groups is 3. The van der Waals surface area contributed by atoms with Gasteiger partial charge in [0.25, 0.3) is 11.8 Å². The van der Waals surface area contributed by atoms with Crippen LogP contribution in [0.3, 0.4) is 0 Å². The summed E-state index contributed by atoms with van der Waals surface area (Å²) in [4.78, 5) is 38.8. The number of aromatic hydroxyl groups is 1. The summed E-state index contributed by atoms with van der Waals surface area (Å²) in [6.07, 6.45) is 1.33. The second-order valence-electron chi connectivity index (χ2n) is 6.13. The van der Waals surface area contributed by atoms with Gasteiger partial charge in [0.15, 0.2) is 11.5 Å². The van der Waals surface area contributed by atoms with Crippen LogP contribution in [-0.2, 0) is 9.59 Å². The average molecular weight is 475 g/mol. The molecule has 0 aliphatic carbocycles. The predicted octanol–water partition coefficient (Wildman–Crippen LogP) is 3.62. The molecule has 0 unspecified atom stereocenters. The third kappa shape index (κ3) is 4.16. The van der Waals surface area contributed by atoms with E-state index in [1.807, 2.05) is 0 Å². The van der Waals surface area contributed by atoms with Gasteiger partial charge in [-0.05, 0) is 49.8 Å². The number of hydrogen-bond donors (Lipinski definition) is 2. The number of ether oxygens (including phenoxy) is 2. The van der Waals surface area contributed by atoms with Crippen LogP contribution in [0.15, 0.2) is 46.4 Å². The fraction of sp³-hybridized carbons (Fsp3) is 0.190. The van der Waals surface area contributed by atoms with Crippen LogP contribution in [-0.4, -0.2) is 36.2 Å². The first-order valence-corrected chi connectivity index (χ1v) is 9.95. The maximum atomic E-state index is 13.1. The molecule has 0 bridgehead atoms. The Bertz CT molecular complexity index is 1050. The molecular weight excluding hydrogens is 456 g/mol. The van der Waals surface area contributed by atoms with Crippen molar-refractivity contribution in [2.75, 3.05) is 18.1 Å². The first-order chi connectivity index (χ1) is 14.4. The molecule has 4 amide bonds. The second kappa shape index (κ2) is 9.00. The highest BCUT2D eigenvalue weighted by Gasteiger charge is 2.38. The molecule has 156 valence electrons. The minimum Gasteiger partial charge on any atom is -0.504 e. The Morgan fingerprint density at radius 1 is 1.07 bits per heavy atom. The number of barbiturate groups is 1. The maximum Gasteiger partial charge on any atom is 0.336 e. The van der Waals surface area contributed by atoms with Crippen LogP contribution in [0.5, 0.6) is 17.2 Å². The Morgan fingerprint density at radius 2 is 1.73 bits per heavy atom. The first-order valence-electron chi connectivity index (χ1n) is 9.15. The number of carbonyl (C=O) groups excluding carboxylic acids is 3. The number of urea groups is 1. The summed E-state index contributed by atoms with van der Waals surface area (Å²) in [7, 11) is 0. The van der Waals surface area contributed by atoms with E-state index in [0.29, 0.717) is 29.0 Å². The van der Waals surface area contributed by atoms with Gasteiger partial charge in [-0.1, -0.05) is 28.1 Å². The highest BCUT2D eigenvalue weighted by atomic mass is 79.9. The van der Waals surface area contributed by atoms with E-state index < -0.39 is 17.8 Å². The monoisotopic (exact) mass is 474 g/mol. The van der Waals surface area contributed by atoms with Crippen molar-refractivity contribution >= 4 is 45.5 Å². The van der Waals surface area contributed by atoms with Crippen molar-refractivity contribution in [3.8, 4) is 17.2 Å². The topological polar surface area (TPSA) is 105 Å². The van der Waals surface area contributed by atoms with E-state index in [1.165, 1.54) is 18.2 Å². The predicted molar refractivity (Wildman–Crippen MR) is 114 cm³/mol. The molecule has 0 radical (unpaired) electrons. The number of nitrogens with zero attached hydrogens (tertiary/aromatic N) is 1. The summed E-state index contributed by atoms with van der Waals surface area (Å²) in [6, 6.07) is 8.58. The van der Waals surface area contributed by atoms with Gasteiger partial charge in [-0.3, -0.25) is 14.9 Å². The summed E-state index contributed by atoms with van der Waals surface area (Å²) < 4.78 is 11.3. The van der Waals surface area contributed by atoms with Crippen molar-refractivity contribution < 1.29 is 29.0 Å². The Balaban J connectivity index is 2.07. The Kier molecular flexibility index (Phi) is 6.41. The first kappa shape index (κ1) is 21.4. The van der Waals surface area contributed by atoms with Crippen molar-refractivity contribution in [2.45, 2.75) is 13.8 Å². The molecule has 0 atom stereocenters. The molecule has 1 aliphatic rings. The zero-order chi connectivity index (χ0) is 21.8. The number of imide groups is 2. The van der Waals surface area contributed by atoms with E-state index >= 15 is 0 Å². The Morgan fingerprint density at radius 3 is 2.43 bits per heavy atom. The summed E-state index contributed by atoms with van der Waals surface area (Å²) in [6.45, 7) is 4.20. The molecule has 0 aromatic heterocycles. The van der Waals surface area contributed by atoms with Crippen LogP contribution in [0.1, 0.15) is 19.4 Å². The van der Waals surface area contributed by atoms with Crippen LogP contribution < -0.4 is 19.7 Å². The van der Waals surface area contributed by atoms with E-state index in [1.54, 1.807) is 38.1 Å². The van der Waals surface area contributed by atoms with Gasteiger partial charge in [-0.25, -0.2) is 9.69 Å². The number of para-hydroxylation sites is 2. The fourth-order valence-corrected chi connectivity index (χ4v) is 3.34. The van der Waals surface area contributed by atoms with Crippen molar-refractivity contribution in [3.05, 3.63) is 52.0 Å². The number of nitrogens with one attached hydrogen (secondary N) is 1. The van der Waals surface area contributed by atoms with Gasteiger partial charge < -0.3 is 14.6 Å². The van der Waals surface area contributed by atoms with E-state index in [0.717, 1.165) is 4.90 Å². The van der Waals surface area contributed by atoms with Gasteiger partial charge >= 0.3 is 6.03 Å². The van der Waals surface area contributed by atoms with E-state index in [-0.39, 0.29) is 22.8 Å². The van der Waals surface area contributed by atoms with Gasteiger partial charge in [0.1, 0.15) is 11.3 Å². The number of benzene rings is 2. The lowest BCUT2D eigenvalue weighted by molar-refractivity contribution is -0.122. The van der Waals surface area contributed by atoms with Crippen LogP contribution in [0.4, 0.5) is 10.5 Å². The summed E-state index contributed by atoms with van der Waals surface area (Å²) in [5.74, 6) is -1.18. The lowest BCUT2D eigenvalue weighted by Crippen LogP contribution is -2.54. The number of halogens is 1. The van der Waals surface area contributed by atoms with Crippen molar-refractivity contribution in [2.24, 2.45) is 0 Å².